The zero-order valence-electron chi connectivity index (χ0n) is 13.3. The van der Waals surface area contributed by atoms with E-state index in [1.54, 1.807) is 17.1 Å². The van der Waals surface area contributed by atoms with Crippen LogP contribution >= 0.6 is 0 Å². The van der Waals surface area contributed by atoms with E-state index in [0.29, 0.717) is 6.54 Å². The fourth-order valence-corrected chi connectivity index (χ4v) is 3.00. The number of rotatable bonds is 4. The largest absolute Gasteiger partial charge is 0.375 e. The Labute approximate surface area is 134 Å². The molecule has 1 fully saturated rings. The molecule has 23 heavy (non-hydrogen) atoms. The summed E-state index contributed by atoms with van der Waals surface area (Å²) in [7, 11) is 3.37. The summed E-state index contributed by atoms with van der Waals surface area (Å²) < 4.78 is 6.70. The van der Waals surface area contributed by atoms with E-state index in [9.17, 15) is 4.79 Å². The molecule has 0 aliphatic carbocycles. The Bertz CT molecular complexity index is 714. The number of aryl methyl sites for hydroxylation is 1. The van der Waals surface area contributed by atoms with Crippen LogP contribution in [-0.4, -0.2) is 50.8 Å². The molecular weight excluding hydrogens is 296 g/mol. The minimum Gasteiger partial charge on any atom is -0.375 e. The first-order chi connectivity index (χ1) is 11.1. The van der Waals surface area contributed by atoms with Crippen LogP contribution in [0.2, 0.25) is 0 Å². The SMILES string of the molecule is COCC(=O)N1CCC[C@H]1c1nc(N)ncc1-c1cnn(C)c1. The van der Waals surface area contributed by atoms with Crippen molar-refractivity contribution in [2.24, 2.45) is 7.05 Å². The van der Waals surface area contributed by atoms with Crippen LogP contribution in [-0.2, 0) is 16.6 Å². The van der Waals surface area contributed by atoms with Crippen molar-refractivity contribution in [2.45, 2.75) is 18.9 Å². The molecule has 1 aliphatic heterocycles. The number of ether oxygens (including phenoxy) is 1. The highest BCUT2D eigenvalue weighted by Gasteiger charge is 2.33. The Morgan fingerprint density at radius 3 is 3.00 bits per heavy atom. The van der Waals surface area contributed by atoms with Crippen molar-refractivity contribution < 1.29 is 9.53 Å². The maximum Gasteiger partial charge on any atom is 0.249 e. The van der Waals surface area contributed by atoms with Crippen LogP contribution in [0, 0.1) is 0 Å². The lowest BCUT2D eigenvalue weighted by molar-refractivity contribution is -0.136. The van der Waals surface area contributed by atoms with E-state index < -0.39 is 0 Å². The number of hydrogen-bond donors (Lipinski definition) is 1. The van der Waals surface area contributed by atoms with Gasteiger partial charge in [-0.15, -0.1) is 0 Å². The van der Waals surface area contributed by atoms with Crippen molar-refractivity contribution in [3.63, 3.8) is 0 Å². The Morgan fingerprint density at radius 1 is 1.48 bits per heavy atom. The number of nitrogens with zero attached hydrogens (tertiary/aromatic N) is 5. The lowest BCUT2D eigenvalue weighted by Crippen LogP contribution is -2.34. The van der Waals surface area contributed by atoms with Gasteiger partial charge in [-0.25, -0.2) is 9.97 Å². The lowest BCUT2D eigenvalue weighted by atomic mass is 10.0. The van der Waals surface area contributed by atoms with Crippen molar-refractivity contribution in [2.75, 3.05) is 26.0 Å². The van der Waals surface area contributed by atoms with Gasteiger partial charge in [-0.1, -0.05) is 0 Å². The zero-order valence-corrected chi connectivity index (χ0v) is 13.3. The highest BCUT2D eigenvalue weighted by molar-refractivity contribution is 5.79. The molecule has 0 bridgehead atoms. The predicted molar refractivity (Wildman–Crippen MR) is 84.2 cm³/mol. The molecule has 0 aromatic carbocycles. The second-order valence-electron chi connectivity index (χ2n) is 5.61. The van der Waals surface area contributed by atoms with Crippen LogP contribution in [0.1, 0.15) is 24.6 Å². The number of carbonyl (C=O) groups is 1. The number of amides is 1. The van der Waals surface area contributed by atoms with Gasteiger partial charge in [0.25, 0.3) is 0 Å². The number of nitrogen functional groups attached to an aromatic ring is 1. The molecule has 8 heteroatoms. The van der Waals surface area contributed by atoms with Gasteiger partial charge in [-0.2, -0.15) is 5.10 Å². The van der Waals surface area contributed by atoms with Crippen molar-refractivity contribution in [1.29, 1.82) is 0 Å². The molecule has 2 aromatic rings. The van der Waals surface area contributed by atoms with Gasteiger partial charge in [-0.05, 0) is 12.8 Å². The fourth-order valence-electron chi connectivity index (χ4n) is 3.00. The predicted octanol–water partition coefficient (Wildman–Crippen LogP) is 0.769. The molecule has 0 saturated carbocycles. The molecule has 0 unspecified atom stereocenters. The second kappa shape index (κ2) is 6.33. The molecule has 3 rings (SSSR count). The molecule has 0 radical (unpaired) electrons. The molecule has 3 heterocycles. The van der Waals surface area contributed by atoms with Crippen molar-refractivity contribution in [3.05, 3.63) is 24.3 Å². The van der Waals surface area contributed by atoms with Crippen LogP contribution < -0.4 is 5.73 Å². The zero-order chi connectivity index (χ0) is 16.4. The first-order valence-electron chi connectivity index (χ1n) is 7.50. The van der Waals surface area contributed by atoms with Gasteiger partial charge in [0, 0.05) is 44.2 Å². The molecule has 1 amide bonds. The molecule has 1 saturated heterocycles. The number of anilines is 1. The first kappa shape index (κ1) is 15.4. The van der Waals surface area contributed by atoms with Crippen LogP contribution in [0.15, 0.2) is 18.6 Å². The van der Waals surface area contributed by atoms with E-state index >= 15 is 0 Å². The van der Waals surface area contributed by atoms with Gasteiger partial charge in [-0.3, -0.25) is 9.48 Å². The quantitative estimate of drug-likeness (QED) is 0.894. The maximum atomic E-state index is 12.3. The lowest BCUT2D eigenvalue weighted by Gasteiger charge is -2.25. The van der Waals surface area contributed by atoms with Gasteiger partial charge in [0.2, 0.25) is 11.9 Å². The maximum absolute atomic E-state index is 12.3. The summed E-state index contributed by atoms with van der Waals surface area (Å²) in [6.45, 7) is 0.766. The number of hydrogen-bond acceptors (Lipinski definition) is 6. The molecule has 1 atom stereocenters. The molecule has 8 nitrogen and oxygen atoms in total. The third-order valence-electron chi connectivity index (χ3n) is 4.01. The van der Waals surface area contributed by atoms with Gasteiger partial charge >= 0.3 is 0 Å². The number of nitrogens with two attached hydrogens (primary N) is 1. The van der Waals surface area contributed by atoms with Gasteiger partial charge in [0.1, 0.15) is 6.61 Å². The van der Waals surface area contributed by atoms with Gasteiger partial charge in [0.05, 0.1) is 17.9 Å². The smallest absolute Gasteiger partial charge is 0.249 e. The van der Waals surface area contributed by atoms with Crippen LogP contribution in [0.3, 0.4) is 0 Å². The number of likely N-dealkylation sites (tertiary alicyclic amines) is 1. The fraction of sp³-hybridized carbons (Fsp3) is 0.467. The molecule has 122 valence electrons. The van der Waals surface area contributed by atoms with E-state index in [-0.39, 0.29) is 24.5 Å². The molecule has 2 aromatic heterocycles. The minimum absolute atomic E-state index is 0.0377. The Kier molecular flexibility index (Phi) is 4.24. The Hall–Kier alpha value is -2.48. The number of methoxy groups -OCH3 is 1. The highest BCUT2D eigenvalue weighted by Crippen LogP contribution is 2.36. The summed E-state index contributed by atoms with van der Waals surface area (Å²) in [5, 5.41) is 4.20. The Morgan fingerprint density at radius 2 is 2.30 bits per heavy atom. The molecular formula is C15H20N6O2. The number of aromatic nitrogens is 4. The van der Waals surface area contributed by atoms with Crippen molar-refractivity contribution in [3.8, 4) is 11.1 Å². The number of carbonyl (C=O) groups excluding carboxylic acids is 1. The summed E-state index contributed by atoms with van der Waals surface area (Å²) in [4.78, 5) is 22.6. The van der Waals surface area contributed by atoms with Crippen molar-refractivity contribution in [1.82, 2.24) is 24.6 Å². The Balaban J connectivity index is 2.01. The standard InChI is InChI=1S/C15H20N6O2/c1-20-8-10(6-18-20)11-7-17-15(16)19-14(11)12-4-3-5-21(12)13(22)9-23-2/h6-8,12H,3-5,9H2,1-2H3,(H2,16,17,19)/t12-/m0/s1. The van der Waals surface area contributed by atoms with E-state index in [4.69, 9.17) is 10.5 Å². The van der Waals surface area contributed by atoms with E-state index in [1.165, 1.54) is 7.11 Å². The van der Waals surface area contributed by atoms with E-state index in [1.807, 2.05) is 18.1 Å². The summed E-state index contributed by atoms with van der Waals surface area (Å²) >= 11 is 0. The average molecular weight is 316 g/mol. The topological polar surface area (TPSA) is 99.2 Å². The first-order valence-corrected chi connectivity index (χ1v) is 7.50. The van der Waals surface area contributed by atoms with E-state index in [0.717, 1.165) is 29.7 Å². The highest BCUT2D eigenvalue weighted by atomic mass is 16.5. The van der Waals surface area contributed by atoms with Crippen molar-refractivity contribution >= 4 is 11.9 Å². The molecule has 2 N–H and O–H groups in total. The second-order valence-corrected chi connectivity index (χ2v) is 5.61. The molecule has 1 aliphatic rings. The average Bonchev–Trinajstić information content (AvgIpc) is 3.16. The van der Waals surface area contributed by atoms with Crippen LogP contribution in [0.25, 0.3) is 11.1 Å². The van der Waals surface area contributed by atoms with Gasteiger partial charge < -0.3 is 15.4 Å². The van der Waals surface area contributed by atoms with E-state index in [2.05, 4.69) is 15.1 Å². The normalized spacial score (nSPS) is 17.7. The third kappa shape index (κ3) is 3.02. The third-order valence-corrected chi connectivity index (χ3v) is 4.01. The van der Waals surface area contributed by atoms with Gasteiger partial charge in [0.15, 0.2) is 0 Å². The summed E-state index contributed by atoms with van der Waals surface area (Å²) in [6, 6.07) is -0.113. The van der Waals surface area contributed by atoms with Crippen LogP contribution in [0.5, 0.6) is 0 Å². The minimum atomic E-state index is -0.113. The summed E-state index contributed by atoms with van der Waals surface area (Å²) in [6.07, 6.45) is 7.13. The summed E-state index contributed by atoms with van der Waals surface area (Å²) in [5.74, 6) is 0.169. The molecule has 0 spiro atoms. The monoisotopic (exact) mass is 316 g/mol. The summed E-state index contributed by atoms with van der Waals surface area (Å²) in [5.41, 5.74) is 8.32. The van der Waals surface area contributed by atoms with Crippen LogP contribution in [0.4, 0.5) is 5.95 Å².